The molecule has 0 aliphatic rings. The Balaban J connectivity index is 2.11. The summed E-state index contributed by atoms with van der Waals surface area (Å²) in [6, 6.07) is 7.67. The van der Waals surface area contributed by atoms with Gasteiger partial charge in [-0.3, -0.25) is 4.98 Å². The van der Waals surface area contributed by atoms with Crippen LogP contribution in [0.5, 0.6) is 11.6 Å². The molecule has 2 rings (SSSR count). The van der Waals surface area contributed by atoms with Crippen LogP contribution in [0.3, 0.4) is 0 Å². The predicted molar refractivity (Wildman–Crippen MR) is 59.2 cm³/mol. The highest BCUT2D eigenvalue weighted by molar-refractivity contribution is 5.29. The SMILES string of the molecule is Cc1ccc(Oc2cnc(CO)cn2)cc1. The largest absolute Gasteiger partial charge is 0.438 e. The van der Waals surface area contributed by atoms with Crippen molar-refractivity contribution in [2.75, 3.05) is 0 Å². The summed E-state index contributed by atoms with van der Waals surface area (Å²) in [6.07, 6.45) is 2.98. The molecule has 4 heteroatoms. The Morgan fingerprint density at radius 2 is 1.88 bits per heavy atom. The highest BCUT2D eigenvalue weighted by Crippen LogP contribution is 2.18. The molecule has 0 saturated carbocycles. The van der Waals surface area contributed by atoms with E-state index in [9.17, 15) is 0 Å². The maximum atomic E-state index is 8.81. The summed E-state index contributed by atoms with van der Waals surface area (Å²) in [4.78, 5) is 8.00. The van der Waals surface area contributed by atoms with E-state index in [2.05, 4.69) is 9.97 Å². The van der Waals surface area contributed by atoms with E-state index in [1.165, 1.54) is 18.0 Å². The van der Waals surface area contributed by atoms with Crippen LogP contribution in [-0.2, 0) is 6.61 Å². The minimum atomic E-state index is -0.113. The molecular formula is C12H12N2O2. The number of hydrogen-bond acceptors (Lipinski definition) is 4. The van der Waals surface area contributed by atoms with Crippen LogP contribution in [0.1, 0.15) is 11.3 Å². The second-order valence-corrected chi connectivity index (χ2v) is 3.42. The smallest absolute Gasteiger partial charge is 0.237 e. The van der Waals surface area contributed by atoms with Gasteiger partial charge in [0.2, 0.25) is 5.88 Å². The Bertz CT molecular complexity index is 451. The molecule has 82 valence electrons. The first-order chi connectivity index (χ1) is 7.78. The van der Waals surface area contributed by atoms with E-state index in [1.807, 2.05) is 31.2 Å². The zero-order valence-corrected chi connectivity index (χ0v) is 8.92. The molecule has 0 radical (unpaired) electrons. The van der Waals surface area contributed by atoms with E-state index in [-0.39, 0.29) is 6.61 Å². The first kappa shape index (κ1) is 10.6. The Labute approximate surface area is 93.6 Å². The average Bonchev–Trinajstić information content (AvgIpc) is 2.33. The third kappa shape index (κ3) is 2.55. The monoisotopic (exact) mass is 216 g/mol. The van der Waals surface area contributed by atoms with Crippen molar-refractivity contribution in [1.29, 1.82) is 0 Å². The van der Waals surface area contributed by atoms with Crippen LogP contribution in [0.25, 0.3) is 0 Å². The van der Waals surface area contributed by atoms with Crippen molar-refractivity contribution < 1.29 is 9.84 Å². The van der Waals surface area contributed by atoms with Gasteiger partial charge in [0.05, 0.1) is 24.7 Å². The second kappa shape index (κ2) is 4.72. The number of rotatable bonds is 3. The summed E-state index contributed by atoms with van der Waals surface area (Å²) in [5.74, 6) is 1.14. The van der Waals surface area contributed by atoms with E-state index in [0.29, 0.717) is 11.6 Å². The summed E-state index contributed by atoms with van der Waals surface area (Å²) >= 11 is 0. The van der Waals surface area contributed by atoms with Crippen LogP contribution in [0, 0.1) is 6.92 Å². The summed E-state index contributed by atoms with van der Waals surface area (Å²) in [5.41, 5.74) is 1.70. The Hall–Kier alpha value is -1.94. The van der Waals surface area contributed by atoms with Crippen molar-refractivity contribution in [3.63, 3.8) is 0 Å². The molecule has 1 N–H and O–H groups in total. The fourth-order valence-electron chi connectivity index (χ4n) is 1.20. The normalized spacial score (nSPS) is 10.1. The molecule has 0 amide bonds. The Morgan fingerprint density at radius 3 is 2.44 bits per heavy atom. The molecule has 0 atom stereocenters. The molecule has 4 nitrogen and oxygen atoms in total. The molecule has 0 fully saturated rings. The van der Waals surface area contributed by atoms with Gasteiger partial charge in [-0.05, 0) is 19.1 Å². The van der Waals surface area contributed by atoms with Crippen molar-refractivity contribution >= 4 is 0 Å². The number of aliphatic hydroxyl groups is 1. The van der Waals surface area contributed by atoms with Crippen molar-refractivity contribution in [2.45, 2.75) is 13.5 Å². The van der Waals surface area contributed by atoms with Crippen molar-refractivity contribution in [3.05, 3.63) is 47.9 Å². The van der Waals surface area contributed by atoms with Gasteiger partial charge in [-0.1, -0.05) is 17.7 Å². The molecule has 0 unspecified atom stereocenters. The first-order valence-corrected chi connectivity index (χ1v) is 4.94. The lowest BCUT2D eigenvalue weighted by Crippen LogP contribution is -1.93. The first-order valence-electron chi connectivity index (χ1n) is 4.94. The summed E-state index contributed by atoms with van der Waals surface area (Å²) in [7, 11) is 0. The fourth-order valence-corrected chi connectivity index (χ4v) is 1.20. The molecule has 1 heterocycles. The van der Waals surface area contributed by atoms with Gasteiger partial charge in [-0.2, -0.15) is 0 Å². The summed E-state index contributed by atoms with van der Waals surface area (Å²) in [5, 5.41) is 8.81. The van der Waals surface area contributed by atoms with Gasteiger partial charge >= 0.3 is 0 Å². The van der Waals surface area contributed by atoms with Crippen LogP contribution in [0.4, 0.5) is 0 Å². The van der Waals surface area contributed by atoms with E-state index in [1.54, 1.807) is 0 Å². The molecular weight excluding hydrogens is 204 g/mol. The van der Waals surface area contributed by atoms with E-state index in [0.717, 1.165) is 5.75 Å². The lowest BCUT2D eigenvalue weighted by Gasteiger charge is -2.04. The van der Waals surface area contributed by atoms with E-state index < -0.39 is 0 Å². The topological polar surface area (TPSA) is 55.2 Å². The second-order valence-electron chi connectivity index (χ2n) is 3.42. The zero-order valence-electron chi connectivity index (χ0n) is 8.92. The minimum absolute atomic E-state index is 0.113. The third-order valence-corrected chi connectivity index (χ3v) is 2.09. The maximum absolute atomic E-state index is 8.81. The van der Waals surface area contributed by atoms with Gasteiger partial charge in [0.15, 0.2) is 0 Å². The fraction of sp³-hybridized carbons (Fsp3) is 0.167. The summed E-state index contributed by atoms with van der Waals surface area (Å²) < 4.78 is 5.48. The third-order valence-electron chi connectivity index (χ3n) is 2.09. The number of hydrogen-bond donors (Lipinski definition) is 1. The van der Waals surface area contributed by atoms with Gasteiger partial charge < -0.3 is 9.84 Å². The molecule has 2 aromatic rings. The number of aromatic nitrogens is 2. The number of aryl methyl sites for hydroxylation is 1. The van der Waals surface area contributed by atoms with Gasteiger partial charge in [-0.15, -0.1) is 0 Å². The molecule has 0 bridgehead atoms. The van der Waals surface area contributed by atoms with Crippen LogP contribution in [0.2, 0.25) is 0 Å². The molecule has 1 aromatic heterocycles. The quantitative estimate of drug-likeness (QED) is 0.853. The molecule has 16 heavy (non-hydrogen) atoms. The maximum Gasteiger partial charge on any atom is 0.237 e. The molecule has 0 saturated heterocycles. The van der Waals surface area contributed by atoms with Crippen LogP contribution in [0.15, 0.2) is 36.7 Å². The van der Waals surface area contributed by atoms with Crippen LogP contribution >= 0.6 is 0 Å². The van der Waals surface area contributed by atoms with Crippen molar-refractivity contribution in [3.8, 4) is 11.6 Å². The predicted octanol–water partition coefficient (Wildman–Crippen LogP) is 2.07. The number of ether oxygens (including phenoxy) is 1. The van der Waals surface area contributed by atoms with Gasteiger partial charge in [0.1, 0.15) is 5.75 Å². The van der Waals surface area contributed by atoms with Crippen molar-refractivity contribution in [1.82, 2.24) is 9.97 Å². The highest BCUT2D eigenvalue weighted by Gasteiger charge is 1.99. The molecule has 0 aliphatic carbocycles. The van der Waals surface area contributed by atoms with Gasteiger partial charge in [0.25, 0.3) is 0 Å². The molecule has 0 spiro atoms. The lowest BCUT2D eigenvalue weighted by atomic mass is 10.2. The van der Waals surface area contributed by atoms with E-state index in [4.69, 9.17) is 9.84 Å². The van der Waals surface area contributed by atoms with Gasteiger partial charge in [-0.25, -0.2) is 4.98 Å². The zero-order chi connectivity index (χ0) is 11.4. The average molecular weight is 216 g/mol. The number of aliphatic hydroxyl groups excluding tert-OH is 1. The van der Waals surface area contributed by atoms with Crippen molar-refractivity contribution in [2.24, 2.45) is 0 Å². The van der Waals surface area contributed by atoms with Gasteiger partial charge in [0, 0.05) is 0 Å². The standard InChI is InChI=1S/C12H12N2O2/c1-9-2-4-11(5-3-9)16-12-7-13-10(8-15)6-14-12/h2-7,15H,8H2,1H3. The molecule has 0 aliphatic heterocycles. The molecule has 1 aromatic carbocycles. The van der Waals surface area contributed by atoms with Crippen LogP contribution < -0.4 is 4.74 Å². The van der Waals surface area contributed by atoms with Crippen LogP contribution in [-0.4, -0.2) is 15.1 Å². The number of benzene rings is 1. The van der Waals surface area contributed by atoms with E-state index >= 15 is 0 Å². The Morgan fingerprint density at radius 1 is 1.12 bits per heavy atom. The minimum Gasteiger partial charge on any atom is -0.438 e. The number of nitrogens with zero attached hydrogens (tertiary/aromatic N) is 2. The Kier molecular flexibility index (Phi) is 3.12. The highest BCUT2D eigenvalue weighted by atomic mass is 16.5. The lowest BCUT2D eigenvalue weighted by molar-refractivity contribution is 0.276. The summed E-state index contributed by atoms with van der Waals surface area (Å²) in [6.45, 7) is 1.90.